The van der Waals surface area contributed by atoms with Crippen molar-refractivity contribution < 1.29 is 13.2 Å². The summed E-state index contributed by atoms with van der Waals surface area (Å²) in [5.41, 5.74) is 0.420. The number of sulfone groups is 1. The molecule has 1 heterocycles. The Morgan fingerprint density at radius 1 is 1.39 bits per heavy atom. The van der Waals surface area contributed by atoms with Crippen molar-refractivity contribution in [3.63, 3.8) is 0 Å². The molecule has 1 aromatic carbocycles. The quantitative estimate of drug-likeness (QED) is 0.897. The molecule has 0 radical (unpaired) electrons. The van der Waals surface area contributed by atoms with Gasteiger partial charge in [0.2, 0.25) is 0 Å². The van der Waals surface area contributed by atoms with E-state index in [0.717, 1.165) is 17.1 Å². The van der Waals surface area contributed by atoms with E-state index in [9.17, 15) is 13.2 Å². The highest BCUT2D eigenvalue weighted by atomic mass is 79.9. The van der Waals surface area contributed by atoms with E-state index in [1.54, 1.807) is 12.1 Å². The maximum atomic E-state index is 11.8. The number of carbonyl (C=O) groups excluding carboxylic acids is 1. The van der Waals surface area contributed by atoms with Gasteiger partial charge in [0.1, 0.15) is 0 Å². The first kappa shape index (κ1) is 13.4. The number of rotatable bonds is 2. The van der Waals surface area contributed by atoms with E-state index >= 15 is 0 Å². The maximum Gasteiger partial charge on any atom is 0.321 e. The highest BCUT2D eigenvalue weighted by molar-refractivity contribution is 9.10. The minimum Gasteiger partial charge on any atom is -0.338 e. The van der Waals surface area contributed by atoms with Crippen LogP contribution < -0.4 is 10.2 Å². The Morgan fingerprint density at radius 3 is 2.72 bits per heavy atom. The van der Waals surface area contributed by atoms with Crippen LogP contribution in [0.2, 0.25) is 0 Å². The van der Waals surface area contributed by atoms with E-state index in [1.165, 1.54) is 11.0 Å². The molecule has 0 bridgehead atoms. The minimum atomic E-state index is -3.37. The standard InChI is InChI=1S/C11H13BrN2O3S/c1-18(16,17)10-4-3-8(12)7-9(10)14-6-2-5-13-11(14)15/h3-4,7H,2,5-6H2,1H3,(H,13,15). The Kier molecular flexibility index (Phi) is 3.63. The highest BCUT2D eigenvalue weighted by Gasteiger charge is 2.25. The lowest BCUT2D eigenvalue weighted by Gasteiger charge is -2.29. The first-order valence-corrected chi connectivity index (χ1v) is 8.13. The third-order valence-electron chi connectivity index (χ3n) is 2.69. The van der Waals surface area contributed by atoms with Crippen molar-refractivity contribution in [3.05, 3.63) is 22.7 Å². The molecule has 2 rings (SSSR count). The van der Waals surface area contributed by atoms with Gasteiger partial charge in [-0.1, -0.05) is 15.9 Å². The first-order valence-electron chi connectivity index (χ1n) is 5.44. The summed E-state index contributed by atoms with van der Waals surface area (Å²) in [6.45, 7) is 1.14. The summed E-state index contributed by atoms with van der Waals surface area (Å²) in [6.07, 6.45) is 1.93. The number of hydrogen-bond acceptors (Lipinski definition) is 3. The van der Waals surface area contributed by atoms with Crippen molar-refractivity contribution in [1.82, 2.24) is 5.32 Å². The Bertz CT molecular complexity index is 586. The molecule has 0 aliphatic carbocycles. The fourth-order valence-electron chi connectivity index (χ4n) is 1.87. The molecule has 1 aromatic rings. The molecular formula is C11H13BrN2O3S. The molecule has 18 heavy (non-hydrogen) atoms. The van der Waals surface area contributed by atoms with Gasteiger partial charge in [0, 0.05) is 23.8 Å². The van der Waals surface area contributed by atoms with Crippen LogP contribution in [0.3, 0.4) is 0 Å². The number of amides is 2. The van der Waals surface area contributed by atoms with Crippen molar-refractivity contribution >= 4 is 37.5 Å². The zero-order chi connectivity index (χ0) is 13.3. The molecule has 5 nitrogen and oxygen atoms in total. The van der Waals surface area contributed by atoms with Gasteiger partial charge < -0.3 is 5.32 Å². The van der Waals surface area contributed by atoms with Crippen LogP contribution in [0.15, 0.2) is 27.6 Å². The topological polar surface area (TPSA) is 66.5 Å². The van der Waals surface area contributed by atoms with Gasteiger partial charge in [-0.3, -0.25) is 4.90 Å². The van der Waals surface area contributed by atoms with Crippen molar-refractivity contribution in [3.8, 4) is 0 Å². The third-order valence-corrected chi connectivity index (χ3v) is 4.33. The maximum absolute atomic E-state index is 11.8. The van der Waals surface area contributed by atoms with Gasteiger partial charge in [0.25, 0.3) is 0 Å². The average molecular weight is 333 g/mol. The lowest BCUT2D eigenvalue weighted by Crippen LogP contribution is -2.47. The SMILES string of the molecule is CS(=O)(=O)c1ccc(Br)cc1N1CCCNC1=O. The van der Waals surface area contributed by atoms with E-state index < -0.39 is 9.84 Å². The fraction of sp³-hybridized carbons (Fsp3) is 0.364. The average Bonchev–Trinajstić information content (AvgIpc) is 2.27. The number of carbonyl (C=O) groups is 1. The normalized spacial score (nSPS) is 16.6. The van der Waals surface area contributed by atoms with Crippen LogP contribution in [0, 0.1) is 0 Å². The zero-order valence-corrected chi connectivity index (χ0v) is 12.2. The number of nitrogens with one attached hydrogen (secondary N) is 1. The number of urea groups is 1. The van der Waals surface area contributed by atoms with Crippen LogP contribution in [0.25, 0.3) is 0 Å². The molecule has 1 N–H and O–H groups in total. The van der Waals surface area contributed by atoms with E-state index in [4.69, 9.17) is 0 Å². The van der Waals surface area contributed by atoms with E-state index in [0.29, 0.717) is 18.8 Å². The molecule has 0 saturated carbocycles. The zero-order valence-electron chi connectivity index (χ0n) is 9.81. The second kappa shape index (κ2) is 4.89. The molecule has 0 aromatic heterocycles. The van der Waals surface area contributed by atoms with Crippen LogP contribution in [0.5, 0.6) is 0 Å². The molecule has 98 valence electrons. The van der Waals surface area contributed by atoms with Crippen molar-refractivity contribution in [1.29, 1.82) is 0 Å². The summed E-state index contributed by atoms with van der Waals surface area (Å²) in [4.78, 5) is 13.4. The Morgan fingerprint density at radius 2 is 2.11 bits per heavy atom. The lowest BCUT2D eigenvalue weighted by atomic mass is 10.2. The largest absolute Gasteiger partial charge is 0.338 e. The smallest absolute Gasteiger partial charge is 0.321 e. The minimum absolute atomic E-state index is 0.169. The molecule has 0 spiro atoms. The van der Waals surface area contributed by atoms with Gasteiger partial charge in [-0.2, -0.15) is 0 Å². The highest BCUT2D eigenvalue weighted by Crippen LogP contribution is 2.29. The van der Waals surface area contributed by atoms with Gasteiger partial charge in [0.15, 0.2) is 9.84 Å². The van der Waals surface area contributed by atoms with Gasteiger partial charge in [0.05, 0.1) is 10.6 Å². The molecule has 0 unspecified atom stereocenters. The summed E-state index contributed by atoms with van der Waals surface area (Å²) in [5.74, 6) is 0. The fourth-order valence-corrected chi connectivity index (χ4v) is 3.09. The number of nitrogens with zero attached hydrogens (tertiary/aromatic N) is 1. The summed E-state index contributed by atoms with van der Waals surface area (Å²) in [7, 11) is -3.37. The van der Waals surface area contributed by atoms with E-state index in [-0.39, 0.29) is 10.9 Å². The number of anilines is 1. The molecule has 1 saturated heterocycles. The molecule has 2 amide bonds. The molecule has 7 heteroatoms. The van der Waals surface area contributed by atoms with Gasteiger partial charge in [-0.05, 0) is 24.6 Å². The van der Waals surface area contributed by atoms with Crippen molar-refractivity contribution in [2.45, 2.75) is 11.3 Å². The molecule has 1 aliphatic rings. The van der Waals surface area contributed by atoms with Crippen molar-refractivity contribution in [2.24, 2.45) is 0 Å². The Hall–Kier alpha value is -1.08. The van der Waals surface area contributed by atoms with Crippen molar-refractivity contribution in [2.75, 3.05) is 24.2 Å². The second-order valence-corrected chi connectivity index (χ2v) is 7.02. The van der Waals surface area contributed by atoms with E-state index in [2.05, 4.69) is 21.2 Å². The van der Waals surface area contributed by atoms with Gasteiger partial charge in [-0.15, -0.1) is 0 Å². The van der Waals surface area contributed by atoms with Crippen LogP contribution in [-0.2, 0) is 9.84 Å². The third kappa shape index (κ3) is 2.67. The number of halogens is 1. The summed E-state index contributed by atoms with van der Waals surface area (Å²) < 4.78 is 24.2. The predicted octanol–water partition coefficient (Wildman–Crippen LogP) is 1.77. The Balaban J connectivity index is 2.54. The molecule has 1 aliphatic heterocycles. The van der Waals surface area contributed by atoms with Crippen LogP contribution in [-0.4, -0.2) is 33.8 Å². The predicted molar refractivity (Wildman–Crippen MR) is 72.6 cm³/mol. The monoisotopic (exact) mass is 332 g/mol. The van der Waals surface area contributed by atoms with Crippen LogP contribution >= 0.6 is 15.9 Å². The summed E-state index contributed by atoms with van der Waals surface area (Å²) in [5, 5.41) is 2.71. The van der Waals surface area contributed by atoms with Crippen LogP contribution in [0.1, 0.15) is 6.42 Å². The summed E-state index contributed by atoms with van der Waals surface area (Å²) >= 11 is 3.30. The lowest BCUT2D eigenvalue weighted by molar-refractivity contribution is 0.242. The molecule has 1 fully saturated rings. The number of hydrogen-bond donors (Lipinski definition) is 1. The molecule has 0 atom stereocenters. The molecular weight excluding hydrogens is 320 g/mol. The Labute approximate surface area is 114 Å². The first-order chi connectivity index (χ1) is 8.39. The van der Waals surface area contributed by atoms with Crippen LogP contribution in [0.4, 0.5) is 10.5 Å². The number of benzene rings is 1. The van der Waals surface area contributed by atoms with Gasteiger partial charge in [-0.25, -0.2) is 13.2 Å². The van der Waals surface area contributed by atoms with E-state index in [1.807, 2.05) is 0 Å². The summed E-state index contributed by atoms with van der Waals surface area (Å²) in [6, 6.07) is 4.56. The second-order valence-electron chi connectivity index (χ2n) is 4.12. The van der Waals surface area contributed by atoms with Gasteiger partial charge >= 0.3 is 6.03 Å².